The lowest BCUT2D eigenvalue weighted by Gasteiger charge is -2.19. The average Bonchev–Trinajstić information content (AvgIpc) is 3.23. The highest BCUT2D eigenvalue weighted by molar-refractivity contribution is 5.74. The van der Waals surface area contributed by atoms with Gasteiger partial charge in [0.1, 0.15) is 5.82 Å². The third kappa shape index (κ3) is 7.24. The fraction of sp³-hybridized carbons (Fsp3) is 0.391. The van der Waals surface area contributed by atoms with Gasteiger partial charge < -0.3 is 20.3 Å². The second kappa shape index (κ2) is 12.0. The number of ether oxygens (including phenoxy) is 1. The number of carboxylic acid groups (broad SMARTS) is 1. The highest BCUT2D eigenvalue weighted by atomic mass is 19.1. The zero-order valence-electron chi connectivity index (χ0n) is 17.0. The molecule has 0 saturated heterocycles. The van der Waals surface area contributed by atoms with E-state index < -0.39 is 12.1 Å². The monoisotopic (exact) mass is 417 g/mol. The van der Waals surface area contributed by atoms with Crippen molar-refractivity contribution >= 4 is 11.9 Å². The molecule has 6 nitrogen and oxygen atoms in total. The highest BCUT2D eigenvalue weighted by Gasteiger charge is 2.33. The van der Waals surface area contributed by atoms with Crippen LogP contribution in [-0.2, 0) is 20.9 Å². The molecule has 0 heterocycles. The SMILES string of the molecule is CCOC(=O)[C@@H]1CCC[C@@H]1NCc1ccc(F)cc1.O=C(O)[C@@H](O)c1ccccc1. The summed E-state index contributed by atoms with van der Waals surface area (Å²) >= 11 is 0. The molecule has 2 aromatic rings. The van der Waals surface area contributed by atoms with E-state index in [1.165, 1.54) is 12.1 Å². The van der Waals surface area contributed by atoms with E-state index >= 15 is 0 Å². The molecule has 1 aliphatic rings. The number of carbonyl (C=O) groups excluding carboxylic acids is 1. The van der Waals surface area contributed by atoms with Crippen LogP contribution in [0.15, 0.2) is 54.6 Å². The number of aliphatic carboxylic acids is 1. The summed E-state index contributed by atoms with van der Waals surface area (Å²) in [5.41, 5.74) is 1.43. The van der Waals surface area contributed by atoms with Crippen molar-refractivity contribution in [1.82, 2.24) is 5.32 Å². The van der Waals surface area contributed by atoms with E-state index in [4.69, 9.17) is 14.9 Å². The van der Waals surface area contributed by atoms with E-state index in [2.05, 4.69) is 5.32 Å². The van der Waals surface area contributed by atoms with Crippen molar-refractivity contribution in [2.45, 2.75) is 44.9 Å². The summed E-state index contributed by atoms with van der Waals surface area (Å²) in [5, 5.41) is 20.8. The van der Waals surface area contributed by atoms with Crippen LogP contribution < -0.4 is 5.32 Å². The summed E-state index contributed by atoms with van der Waals surface area (Å²) in [5.74, 6) is -1.60. The molecule has 1 aliphatic carbocycles. The Morgan fingerprint density at radius 2 is 1.80 bits per heavy atom. The lowest BCUT2D eigenvalue weighted by Crippen LogP contribution is -2.36. The number of hydrogen-bond acceptors (Lipinski definition) is 5. The number of halogens is 1. The van der Waals surface area contributed by atoms with Crippen LogP contribution >= 0.6 is 0 Å². The summed E-state index contributed by atoms with van der Waals surface area (Å²) in [4.78, 5) is 22.0. The number of hydrogen-bond donors (Lipinski definition) is 3. The van der Waals surface area contributed by atoms with Gasteiger partial charge in [0.05, 0.1) is 12.5 Å². The number of benzene rings is 2. The minimum absolute atomic E-state index is 0.0413. The molecule has 0 spiro atoms. The number of carbonyl (C=O) groups is 2. The third-order valence-corrected chi connectivity index (χ3v) is 4.94. The van der Waals surface area contributed by atoms with Crippen molar-refractivity contribution in [3.63, 3.8) is 0 Å². The standard InChI is InChI=1S/C15H20FNO2.C8H8O3/c1-2-19-15(18)13-4-3-5-14(13)17-10-11-6-8-12(16)9-7-11;9-7(8(10)11)6-4-2-1-3-5-6/h6-9,13-14,17H,2-5,10H2,1H3;1-5,7,9H,(H,10,11)/t13-,14+;7-/m10/s1. The topological polar surface area (TPSA) is 95.9 Å². The minimum Gasteiger partial charge on any atom is -0.479 e. The second-order valence-electron chi connectivity index (χ2n) is 7.05. The van der Waals surface area contributed by atoms with Gasteiger partial charge in [-0.15, -0.1) is 0 Å². The molecule has 7 heteroatoms. The quantitative estimate of drug-likeness (QED) is 0.597. The Morgan fingerprint density at radius 3 is 2.40 bits per heavy atom. The van der Waals surface area contributed by atoms with E-state index in [9.17, 15) is 14.0 Å². The van der Waals surface area contributed by atoms with Crippen LogP contribution in [0, 0.1) is 11.7 Å². The number of carboxylic acids is 1. The zero-order chi connectivity index (χ0) is 21.9. The molecule has 162 valence electrons. The Kier molecular flexibility index (Phi) is 9.44. The van der Waals surface area contributed by atoms with Crippen LogP contribution in [0.3, 0.4) is 0 Å². The van der Waals surface area contributed by atoms with E-state index in [0.717, 1.165) is 24.8 Å². The van der Waals surface area contributed by atoms with Crippen LogP contribution in [0.25, 0.3) is 0 Å². The van der Waals surface area contributed by atoms with Crippen molar-refractivity contribution in [1.29, 1.82) is 0 Å². The van der Waals surface area contributed by atoms with Crippen LogP contribution in [-0.4, -0.2) is 34.8 Å². The third-order valence-electron chi connectivity index (χ3n) is 4.94. The molecular weight excluding hydrogens is 389 g/mol. The van der Waals surface area contributed by atoms with E-state index in [-0.39, 0.29) is 23.7 Å². The molecule has 0 unspecified atom stereocenters. The van der Waals surface area contributed by atoms with Crippen LogP contribution in [0.2, 0.25) is 0 Å². The first kappa shape index (κ1) is 23.5. The summed E-state index contributed by atoms with van der Waals surface area (Å²) in [6.45, 7) is 2.91. The lowest BCUT2D eigenvalue weighted by molar-refractivity contribution is -0.148. The molecule has 0 aliphatic heterocycles. The van der Waals surface area contributed by atoms with Gasteiger partial charge >= 0.3 is 11.9 Å². The van der Waals surface area contributed by atoms with Gasteiger partial charge in [-0.3, -0.25) is 4.79 Å². The highest BCUT2D eigenvalue weighted by Crippen LogP contribution is 2.27. The Morgan fingerprint density at radius 1 is 1.13 bits per heavy atom. The minimum atomic E-state index is -1.41. The summed E-state index contributed by atoms with van der Waals surface area (Å²) in [6.07, 6.45) is 1.52. The predicted molar refractivity (Wildman–Crippen MR) is 110 cm³/mol. The maximum Gasteiger partial charge on any atom is 0.337 e. The van der Waals surface area contributed by atoms with Gasteiger partial charge in [0.2, 0.25) is 0 Å². The first-order valence-corrected chi connectivity index (χ1v) is 10.0. The molecule has 1 saturated carbocycles. The molecule has 1 fully saturated rings. The van der Waals surface area contributed by atoms with Gasteiger partial charge in [-0.2, -0.15) is 0 Å². The normalized spacial score (nSPS) is 18.8. The van der Waals surface area contributed by atoms with Gasteiger partial charge in [0.25, 0.3) is 0 Å². The molecule has 0 aromatic heterocycles. The number of esters is 1. The van der Waals surface area contributed by atoms with Crippen molar-refractivity contribution in [2.24, 2.45) is 5.92 Å². The van der Waals surface area contributed by atoms with Crippen molar-refractivity contribution in [3.8, 4) is 0 Å². The fourth-order valence-corrected chi connectivity index (χ4v) is 3.36. The van der Waals surface area contributed by atoms with Crippen LogP contribution in [0.1, 0.15) is 43.4 Å². The predicted octanol–water partition coefficient (Wildman–Crippen LogP) is 3.45. The van der Waals surface area contributed by atoms with Gasteiger partial charge in [-0.1, -0.05) is 48.9 Å². The van der Waals surface area contributed by atoms with E-state index in [1.807, 2.05) is 6.92 Å². The Hall–Kier alpha value is -2.77. The van der Waals surface area contributed by atoms with E-state index in [1.54, 1.807) is 42.5 Å². The molecule has 30 heavy (non-hydrogen) atoms. The van der Waals surface area contributed by atoms with Gasteiger partial charge in [-0.25, -0.2) is 9.18 Å². The molecule has 0 bridgehead atoms. The molecular formula is C23H28FNO5. The zero-order valence-corrected chi connectivity index (χ0v) is 17.0. The first-order valence-electron chi connectivity index (χ1n) is 10.0. The number of nitrogens with one attached hydrogen (secondary N) is 1. The smallest absolute Gasteiger partial charge is 0.337 e. The van der Waals surface area contributed by atoms with Gasteiger partial charge in [0.15, 0.2) is 6.10 Å². The number of rotatable bonds is 7. The second-order valence-corrected chi connectivity index (χ2v) is 7.05. The Bertz CT molecular complexity index is 797. The van der Waals surface area contributed by atoms with Gasteiger partial charge in [-0.05, 0) is 43.0 Å². The molecule has 3 rings (SSSR count). The van der Waals surface area contributed by atoms with E-state index in [0.29, 0.717) is 18.7 Å². The van der Waals surface area contributed by atoms with Crippen molar-refractivity contribution in [2.75, 3.05) is 6.61 Å². The number of aliphatic hydroxyl groups excluding tert-OH is 1. The molecule has 2 aromatic carbocycles. The largest absolute Gasteiger partial charge is 0.479 e. The van der Waals surface area contributed by atoms with Gasteiger partial charge in [0, 0.05) is 12.6 Å². The summed E-state index contributed by atoms with van der Waals surface area (Å²) in [6, 6.07) is 14.9. The first-order chi connectivity index (χ1) is 14.4. The molecule has 3 atom stereocenters. The van der Waals surface area contributed by atoms with Crippen molar-refractivity contribution < 1.29 is 28.9 Å². The van der Waals surface area contributed by atoms with Crippen LogP contribution in [0.5, 0.6) is 0 Å². The van der Waals surface area contributed by atoms with Crippen LogP contribution in [0.4, 0.5) is 4.39 Å². The molecule has 3 N–H and O–H groups in total. The summed E-state index contributed by atoms with van der Waals surface area (Å²) in [7, 11) is 0. The molecule has 0 radical (unpaired) electrons. The fourth-order valence-electron chi connectivity index (χ4n) is 3.36. The maximum atomic E-state index is 12.8. The Labute approximate surface area is 175 Å². The molecule has 0 amide bonds. The maximum absolute atomic E-state index is 12.8. The number of aliphatic hydroxyl groups is 1. The summed E-state index contributed by atoms with van der Waals surface area (Å²) < 4.78 is 17.9. The average molecular weight is 417 g/mol. The Balaban J connectivity index is 0.000000248. The van der Waals surface area contributed by atoms with Crippen molar-refractivity contribution in [3.05, 3.63) is 71.5 Å². The lowest BCUT2D eigenvalue weighted by atomic mass is 10.0.